The average molecular weight is 998 g/mol. The fraction of sp³-hybridized carbons (Fsp3) is 0.294. The number of nitrogens with zero attached hydrogens (tertiary/aromatic N) is 8. The van der Waals surface area contributed by atoms with Crippen LogP contribution in [0.1, 0.15) is 59.2 Å². The Morgan fingerprint density at radius 2 is 1.30 bits per heavy atom. The van der Waals surface area contributed by atoms with Gasteiger partial charge in [-0.05, 0) is 95.4 Å². The van der Waals surface area contributed by atoms with Crippen molar-refractivity contribution in [1.82, 2.24) is 39.5 Å². The summed E-state index contributed by atoms with van der Waals surface area (Å²) in [6.07, 6.45) is 13.8. The number of thiophene rings is 2. The highest BCUT2D eigenvalue weighted by Crippen LogP contribution is 2.29. The Hall–Kier alpha value is -7.13. The normalized spacial score (nSPS) is 12.4. The van der Waals surface area contributed by atoms with Crippen molar-refractivity contribution in [3.63, 3.8) is 0 Å². The van der Waals surface area contributed by atoms with E-state index in [1.165, 1.54) is 20.9 Å². The number of hydrogen-bond acceptors (Lipinski definition) is 18. The van der Waals surface area contributed by atoms with Gasteiger partial charge in [-0.15, -0.1) is 22.7 Å². The van der Waals surface area contributed by atoms with E-state index < -0.39 is 0 Å². The Morgan fingerprint density at radius 1 is 0.746 bits per heavy atom. The molecular formula is C51H55N11O7S2. The summed E-state index contributed by atoms with van der Waals surface area (Å²) in [5.74, 6) is 1.17. The Bertz CT molecular complexity index is 2990. The number of aryl methyl sites for hydroxylation is 3. The monoisotopic (exact) mass is 997 g/mol. The Balaban J connectivity index is 0.000000176. The molecule has 2 aliphatic heterocycles. The van der Waals surface area contributed by atoms with Gasteiger partial charge in [-0.1, -0.05) is 24.3 Å². The second-order valence-electron chi connectivity index (χ2n) is 16.2. The maximum Gasteiger partial charge on any atom is 0.373 e. The summed E-state index contributed by atoms with van der Waals surface area (Å²) in [5.41, 5.74) is 18.0. The second-order valence-corrected chi connectivity index (χ2v) is 18.4. The van der Waals surface area contributed by atoms with E-state index in [-0.39, 0.29) is 25.1 Å². The Kier molecular flexibility index (Phi) is 19.1. The largest absolute Gasteiger partial charge is 0.394 e. The SMILES string of the molecule is Cc1cc(-c2ccnc(Nc3cnn(CCO)c3)n2)ccc1CCC(=O)c1cc2c(s1)CCOC2.Cc1cc(-c2ccnc(Nc3cnn(CCO)c3)n2)ccc1CN.O=C=O.c1cc2c(s1)CCOC2. The molecule has 2 aliphatic rings. The first-order valence-corrected chi connectivity index (χ1v) is 24.6. The molecule has 6 N–H and O–H groups in total. The molecule has 0 bridgehead atoms. The summed E-state index contributed by atoms with van der Waals surface area (Å²) in [6, 6.07) is 20.3. The van der Waals surface area contributed by atoms with Crippen LogP contribution >= 0.6 is 22.7 Å². The van der Waals surface area contributed by atoms with Gasteiger partial charge in [-0.3, -0.25) is 14.2 Å². The molecule has 368 valence electrons. The van der Waals surface area contributed by atoms with E-state index in [2.05, 4.69) is 77.3 Å². The standard InChI is InChI=1S/C26H27N5O3S.C17H20N6O.C7H8OS.CO2/c1-17-12-19(22-6-8-27-26(30-22)29-21-14-28-31(15-21)9-10-32)3-2-18(17)4-5-23(33)25-13-20-16-34-11-7-24(20)35-25;1-12-8-13(2-3-14(12)9-18)16-4-5-19-17(22-16)21-15-10-20-23(11-15)6-7-24;1-3-8-5-6-2-4-9-7(1)6;2-1-3/h2-3,6,8,12-15,32H,4-5,7,9-11,16H2,1H3,(H,27,29,30);2-5,8,10-11,24H,6-7,9,18H2,1H3,(H,19,21,22);2,4H,1,3,5H2;. The molecule has 8 aromatic rings. The summed E-state index contributed by atoms with van der Waals surface area (Å²) < 4.78 is 14.1. The minimum atomic E-state index is 0.0297. The number of nitrogens with two attached hydrogens (primary N) is 1. The third kappa shape index (κ3) is 14.7. The molecule has 0 aliphatic carbocycles. The van der Waals surface area contributed by atoms with Gasteiger partial charge in [0.25, 0.3) is 0 Å². The van der Waals surface area contributed by atoms with Crippen LogP contribution in [0.5, 0.6) is 0 Å². The van der Waals surface area contributed by atoms with E-state index in [4.69, 9.17) is 35.0 Å². The van der Waals surface area contributed by atoms with Gasteiger partial charge in [0.2, 0.25) is 11.9 Å². The van der Waals surface area contributed by atoms with Gasteiger partial charge in [0.15, 0.2) is 5.78 Å². The van der Waals surface area contributed by atoms with Gasteiger partial charge < -0.3 is 36.1 Å². The fourth-order valence-corrected chi connectivity index (χ4v) is 9.65. The molecule has 10 rings (SSSR count). The number of carbonyl (C=O) groups is 1. The summed E-state index contributed by atoms with van der Waals surface area (Å²) >= 11 is 3.47. The molecule has 0 unspecified atom stereocenters. The van der Waals surface area contributed by atoms with Gasteiger partial charge >= 0.3 is 6.15 Å². The number of ether oxygens (including phenoxy) is 2. The van der Waals surface area contributed by atoms with Crippen LogP contribution in [0.2, 0.25) is 0 Å². The number of nitrogens with one attached hydrogen (secondary N) is 2. The number of benzene rings is 2. The highest BCUT2D eigenvalue weighted by Gasteiger charge is 2.18. The summed E-state index contributed by atoms with van der Waals surface area (Å²) in [7, 11) is 0. The molecule has 0 saturated heterocycles. The molecule has 0 radical (unpaired) electrons. The lowest BCUT2D eigenvalue weighted by molar-refractivity contribution is -0.191. The number of Topliss-reactive ketones (excluding diaryl/α,β-unsaturated/α-hetero) is 1. The first kappa shape index (κ1) is 51.7. The molecule has 0 saturated carbocycles. The third-order valence-electron chi connectivity index (χ3n) is 11.3. The summed E-state index contributed by atoms with van der Waals surface area (Å²) in [6.45, 7) is 8.71. The van der Waals surface area contributed by atoms with Crippen LogP contribution in [0, 0.1) is 13.8 Å². The number of hydrogen-bond donors (Lipinski definition) is 5. The van der Waals surface area contributed by atoms with Crippen LogP contribution < -0.4 is 16.4 Å². The number of ketones is 1. The zero-order valence-corrected chi connectivity index (χ0v) is 41.0. The number of aromatic nitrogens is 8. The number of rotatable bonds is 15. The van der Waals surface area contributed by atoms with Gasteiger partial charge in [-0.2, -0.15) is 19.8 Å². The highest BCUT2D eigenvalue weighted by molar-refractivity contribution is 7.14. The molecule has 0 amide bonds. The topological polar surface area (TPSA) is 247 Å². The summed E-state index contributed by atoms with van der Waals surface area (Å²) in [5, 5.41) is 34.7. The fourth-order valence-electron chi connectivity index (χ4n) is 7.66. The van der Waals surface area contributed by atoms with Crippen LogP contribution in [0.4, 0.5) is 23.3 Å². The minimum Gasteiger partial charge on any atom is -0.394 e. The molecule has 20 heteroatoms. The second kappa shape index (κ2) is 26.2. The quantitative estimate of drug-likeness (QED) is 0.0627. The maximum atomic E-state index is 12.8. The molecule has 8 heterocycles. The van der Waals surface area contributed by atoms with E-state index in [9.17, 15) is 4.79 Å². The molecule has 0 spiro atoms. The van der Waals surface area contributed by atoms with Crippen molar-refractivity contribution < 1.29 is 34.1 Å². The number of fused-ring (bicyclic) bond motifs is 2. The van der Waals surface area contributed by atoms with Gasteiger partial charge in [0, 0.05) is 71.5 Å². The van der Waals surface area contributed by atoms with E-state index >= 15 is 0 Å². The van der Waals surface area contributed by atoms with Crippen LogP contribution in [-0.4, -0.2) is 88.1 Å². The average Bonchev–Trinajstić information content (AvgIpc) is 4.23. The lowest BCUT2D eigenvalue weighted by Gasteiger charge is -2.10. The molecule has 0 atom stereocenters. The lowest BCUT2D eigenvalue weighted by Crippen LogP contribution is -2.05. The van der Waals surface area contributed by atoms with Crippen molar-refractivity contribution in [3.8, 4) is 22.5 Å². The van der Waals surface area contributed by atoms with E-state index in [0.717, 1.165) is 93.7 Å². The van der Waals surface area contributed by atoms with Gasteiger partial charge in [0.1, 0.15) is 0 Å². The van der Waals surface area contributed by atoms with Crippen molar-refractivity contribution >= 4 is 57.9 Å². The van der Waals surface area contributed by atoms with E-state index in [0.29, 0.717) is 51.0 Å². The van der Waals surface area contributed by atoms with E-state index in [1.807, 2.05) is 54.7 Å². The number of anilines is 4. The maximum absolute atomic E-state index is 12.8. The highest BCUT2D eigenvalue weighted by atomic mass is 32.1. The third-order valence-corrected chi connectivity index (χ3v) is 13.6. The van der Waals surface area contributed by atoms with Crippen LogP contribution in [0.25, 0.3) is 22.5 Å². The van der Waals surface area contributed by atoms with Crippen LogP contribution in [0.15, 0.2) is 103 Å². The lowest BCUT2D eigenvalue weighted by atomic mass is 9.98. The molecule has 2 aromatic carbocycles. The molecule has 71 heavy (non-hydrogen) atoms. The van der Waals surface area contributed by atoms with Gasteiger partial charge in [0.05, 0.1) is 92.8 Å². The minimum absolute atomic E-state index is 0.0297. The van der Waals surface area contributed by atoms with Crippen LogP contribution in [0.3, 0.4) is 0 Å². The summed E-state index contributed by atoms with van der Waals surface area (Å²) in [4.78, 5) is 50.4. The zero-order valence-electron chi connectivity index (χ0n) is 39.4. The molecule has 0 fully saturated rings. The van der Waals surface area contributed by atoms with Crippen LogP contribution in [-0.2, 0) is 71.2 Å². The van der Waals surface area contributed by atoms with Crippen molar-refractivity contribution in [2.45, 2.75) is 72.4 Å². The first-order valence-electron chi connectivity index (χ1n) is 22.9. The molecule has 18 nitrogen and oxygen atoms in total. The Morgan fingerprint density at radius 3 is 1.82 bits per heavy atom. The van der Waals surface area contributed by atoms with Crippen molar-refractivity contribution in [2.75, 3.05) is 37.1 Å². The first-order chi connectivity index (χ1) is 34.7. The number of aliphatic hydroxyl groups is 2. The smallest absolute Gasteiger partial charge is 0.373 e. The number of aliphatic hydroxyl groups excluding tert-OH is 2. The molecular weight excluding hydrogens is 943 g/mol. The van der Waals surface area contributed by atoms with Crippen molar-refractivity contribution in [3.05, 3.63) is 151 Å². The Labute approximate surface area is 418 Å². The zero-order chi connectivity index (χ0) is 50.0. The van der Waals surface area contributed by atoms with Crippen molar-refractivity contribution in [1.29, 1.82) is 0 Å². The predicted molar refractivity (Wildman–Crippen MR) is 271 cm³/mol. The van der Waals surface area contributed by atoms with Gasteiger partial charge in [-0.25, -0.2) is 19.9 Å². The molecule has 6 aromatic heterocycles. The van der Waals surface area contributed by atoms with Crippen molar-refractivity contribution in [2.24, 2.45) is 5.73 Å². The number of carbonyl (C=O) groups excluding carboxylic acids is 3. The van der Waals surface area contributed by atoms with E-state index in [1.54, 1.807) is 57.9 Å². The predicted octanol–water partition coefficient (Wildman–Crippen LogP) is 7.41.